The minimum atomic E-state index is 0.839. The summed E-state index contributed by atoms with van der Waals surface area (Å²) in [5, 5.41) is 0. The summed E-state index contributed by atoms with van der Waals surface area (Å²) in [5.74, 6) is 0.839. The van der Waals surface area contributed by atoms with Gasteiger partial charge in [0.15, 0.2) is 0 Å². The van der Waals surface area contributed by atoms with Gasteiger partial charge >= 0.3 is 0 Å². The molecule has 4 rings (SSSR count). The molecule has 0 spiro atoms. The maximum atomic E-state index is 2.48. The van der Waals surface area contributed by atoms with E-state index in [1.54, 1.807) is 5.56 Å². The van der Waals surface area contributed by atoms with Crippen LogP contribution in [0.15, 0.2) is 36.4 Å². The number of hydrogen-bond acceptors (Lipinski definition) is 0. The summed E-state index contributed by atoms with van der Waals surface area (Å²) in [4.78, 5) is 0. The van der Waals surface area contributed by atoms with Crippen molar-refractivity contribution in [3.63, 3.8) is 0 Å². The Morgan fingerprint density at radius 3 is 1.83 bits per heavy atom. The predicted molar refractivity (Wildman–Crippen MR) is 138 cm³/mol. The smallest absolute Gasteiger partial charge is 0.00108 e. The third-order valence-electron chi connectivity index (χ3n) is 5.84. The highest BCUT2D eigenvalue weighted by molar-refractivity contribution is 5.96. The van der Waals surface area contributed by atoms with Gasteiger partial charge < -0.3 is 0 Å². The highest BCUT2D eigenvalue weighted by Gasteiger charge is 2.28. The standard InChI is InChI=1S/C21H22.C5H12.2C2H6/c1-13-4-6-17(7-5-13)20-11-18-10-14(2)19(16-8-9-16)12-21(18)15(20)3;1-3-5-4-2;2*1-2/h4-7,10,12,16H,8-9,11H2,1-3H3;3-5H2,1-2H3;2*1-2H3. The highest BCUT2D eigenvalue weighted by atomic mass is 14.3. The zero-order valence-electron chi connectivity index (χ0n) is 21.3. The summed E-state index contributed by atoms with van der Waals surface area (Å²) in [6, 6.07) is 13.9. The molecule has 0 bridgehead atoms. The van der Waals surface area contributed by atoms with Crippen LogP contribution in [0.25, 0.3) is 11.1 Å². The fourth-order valence-electron chi connectivity index (χ4n) is 4.03. The summed E-state index contributed by atoms with van der Waals surface area (Å²) in [5.41, 5.74) is 11.8. The van der Waals surface area contributed by atoms with Gasteiger partial charge in [-0.15, -0.1) is 0 Å². The zero-order valence-corrected chi connectivity index (χ0v) is 21.3. The summed E-state index contributed by atoms with van der Waals surface area (Å²) >= 11 is 0. The second-order valence-corrected chi connectivity index (χ2v) is 8.14. The fraction of sp³-hybridized carbons (Fsp3) is 0.533. The molecule has 166 valence electrons. The number of benzene rings is 2. The molecule has 2 aliphatic carbocycles. The van der Waals surface area contributed by atoms with Crippen LogP contribution < -0.4 is 0 Å². The Labute approximate surface area is 187 Å². The molecule has 0 heterocycles. The summed E-state index contributed by atoms with van der Waals surface area (Å²) in [6.45, 7) is 19.2. The van der Waals surface area contributed by atoms with Gasteiger partial charge in [0.1, 0.15) is 0 Å². The summed E-state index contributed by atoms with van der Waals surface area (Å²) in [6.07, 6.45) is 7.93. The summed E-state index contributed by atoms with van der Waals surface area (Å²) in [7, 11) is 0. The SMILES string of the molecule is CC.CC.CC1=C(c2ccc(C)cc2)Cc2cc(C)c(C3CC3)cc21.CCCCC. The lowest BCUT2D eigenvalue weighted by Gasteiger charge is -2.09. The van der Waals surface area contributed by atoms with Crippen molar-refractivity contribution < 1.29 is 0 Å². The van der Waals surface area contributed by atoms with Crippen LogP contribution in [0.3, 0.4) is 0 Å². The Kier molecular flexibility index (Phi) is 11.8. The molecule has 0 nitrogen and oxygen atoms in total. The number of allylic oxidation sites excluding steroid dienone is 2. The molecule has 1 saturated carbocycles. The Hall–Kier alpha value is -1.82. The Morgan fingerprint density at radius 1 is 0.800 bits per heavy atom. The van der Waals surface area contributed by atoms with E-state index in [4.69, 9.17) is 0 Å². The molecular formula is C30H46. The van der Waals surface area contributed by atoms with E-state index in [1.165, 1.54) is 71.1 Å². The highest BCUT2D eigenvalue weighted by Crippen LogP contribution is 2.46. The molecule has 0 radical (unpaired) electrons. The van der Waals surface area contributed by atoms with Gasteiger partial charge in [-0.25, -0.2) is 0 Å². The van der Waals surface area contributed by atoms with E-state index in [-0.39, 0.29) is 0 Å². The lowest BCUT2D eigenvalue weighted by molar-refractivity contribution is 0.772. The lowest BCUT2D eigenvalue weighted by atomic mass is 9.96. The molecule has 2 aromatic carbocycles. The molecule has 0 unspecified atom stereocenters. The van der Waals surface area contributed by atoms with Crippen LogP contribution >= 0.6 is 0 Å². The van der Waals surface area contributed by atoms with E-state index < -0.39 is 0 Å². The molecule has 0 aliphatic heterocycles. The van der Waals surface area contributed by atoms with Crippen LogP contribution in [0.2, 0.25) is 0 Å². The molecule has 2 aromatic rings. The molecule has 1 fully saturated rings. The number of hydrogen-bond donors (Lipinski definition) is 0. The first-order chi connectivity index (χ1) is 14.5. The van der Waals surface area contributed by atoms with Gasteiger partial charge in [0, 0.05) is 0 Å². The summed E-state index contributed by atoms with van der Waals surface area (Å²) < 4.78 is 0. The van der Waals surface area contributed by atoms with Crippen molar-refractivity contribution in [2.75, 3.05) is 0 Å². The normalized spacial score (nSPS) is 13.9. The molecule has 2 aliphatic rings. The van der Waals surface area contributed by atoms with Crippen LogP contribution in [0.5, 0.6) is 0 Å². The maximum Gasteiger partial charge on any atom is -0.00108 e. The second kappa shape index (κ2) is 13.5. The van der Waals surface area contributed by atoms with Gasteiger partial charge in [0.2, 0.25) is 0 Å². The van der Waals surface area contributed by atoms with E-state index in [0.717, 1.165) is 12.3 Å². The molecule has 30 heavy (non-hydrogen) atoms. The number of fused-ring (bicyclic) bond motifs is 1. The minimum absolute atomic E-state index is 0.839. The lowest BCUT2D eigenvalue weighted by Crippen LogP contribution is -1.92. The number of unbranched alkanes of at least 4 members (excludes halogenated alkanes) is 2. The largest absolute Gasteiger partial charge is 0.0683 e. The third-order valence-corrected chi connectivity index (χ3v) is 5.84. The van der Waals surface area contributed by atoms with E-state index in [2.05, 4.69) is 71.0 Å². The van der Waals surface area contributed by atoms with Crippen molar-refractivity contribution in [2.45, 2.75) is 107 Å². The van der Waals surface area contributed by atoms with Crippen LogP contribution in [-0.2, 0) is 6.42 Å². The maximum absolute atomic E-state index is 2.48. The van der Waals surface area contributed by atoms with Crippen molar-refractivity contribution in [3.05, 3.63) is 69.8 Å². The van der Waals surface area contributed by atoms with Crippen molar-refractivity contribution in [2.24, 2.45) is 0 Å². The topological polar surface area (TPSA) is 0 Å². The van der Waals surface area contributed by atoms with Gasteiger partial charge in [0.25, 0.3) is 0 Å². The van der Waals surface area contributed by atoms with Crippen LogP contribution in [0, 0.1) is 13.8 Å². The van der Waals surface area contributed by atoms with Crippen LogP contribution in [0.1, 0.15) is 120 Å². The van der Waals surface area contributed by atoms with E-state index in [1.807, 2.05) is 27.7 Å². The third kappa shape index (κ3) is 6.86. The second-order valence-electron chi connectivity index (χ2n) is 8.14. The quantitative estimate of drug-likeness (QED) is 0.474. The van der Waals surface area contributed by atoms with Crippen molar-refractivity contribution >= 4 is 11.1 Å². The average Bonchev–Trinajstić information content (AvgIpc) is 3.57. The molecule has 0 aromatic heterocycles. The van der Waals surface area contributed by atoms with Crippen molar-refractivity contribution in [3.8, 4) is 0 Å². The predicted octanol–water partition coefficient (Wildman–Crippen LogP) is 9.92. The van der Waals surface area contributed by atoms with Crippen molar-refractivity contribution in [1.82, 2.24) is 0 Å². The molecule has 0 N–H and O–H groups in total. The molecule has 0 saturated heterocycles. The number of aryl methyl sites for hydroxylation is 2. The Bertz CT molecular complexity index is 784. The van der Waals surface area contributed by atoms with Crippen molar-refractivity contribution in [1.29, 1.82) is 0 Å². The Morgan fingerprint density at radius 2 is 1.37 bits per heavy atom. The van der Waals surface area contributed by atoms with E-state index in [9.17, 15) is 0 Å². The molecular weight excluding hydrogens is 360 g/mol. The first kappa shape index (κ1) is 26.2. The fourth-order valence-corrected chi connectivity index (χ4v) is 4.03. The van der Waals surface area contributed by atoms with Gasteiger partial charge in [-0.3, -0.25) is 0 Å². The average molecular weight is 407 g/mol. The minimum Gasteiger partial charge on any atom is -0.0683 e. The molecule has 0 heteroatoms. The van der Waals surface area contributed by atoms with Gasteiger partial charge in [-0.05, 0) is 84.9 Å². The number of rotatable bonds is 4. The first-order valence-electron chi connectivity index (χ1n) is 12.5. The Balaban J connectivity index is 0.000000435. The van der Waals surface area contributed by atoms with Crippen LogP contribution in [0.4, 0.5) is 0 Å². The monoisotopic (exact) mass is 406 g/mol. The van der Waals surface area contributed by atoms with E-state index >= 15 is 0 Å². The van der Waals surface area contributed by atoms with Gasteiger partial charge in [0.05, 0.1) is 0 Å². The van der Waals surface area contributed by atoms with Gasteiger partial charge in [-0.1, -0.05) is 103 Å². The van der Waals surface area contributed by atoms with Gasteiger partial charge in [-0.2, -0.15) is 0 Å². The molecule has 0 atom stereocenters. The van der Waals surface area contributed by atoms with E-state index in [0.29, 0.717) is 0 Å². The van der Waals surface area contributed by atoms with Crippen LogP contribution in [-0.4, -0.2) is 0 Å². The first-order valence-corrected chi connectivity index (χ1v) is 12.5. The zero-order chi connectivity index (χ0) is 22.7. The molecule has 0 amide bonds.